The van der Waals surface area contributed by atoms with Gasteiger partial charge >= 0.3 is 12.2 Å². The van der Waals surface area contributed by atoms with Crippen molar-refractivity contribution in [3.63, 3.8) is 0 Å². The molecule has 4 amide bonds. The summed E-state index contributed by atoms with van der Waals surface area (Å²) in [6, 6.07) is 20.0. The Balaban J connectivity index is 0.888. The molecule has 13 nitrogen and oxygen atoms in total. The van der Waals surface area contributed by atoms with Gasteiger partial charge in [-0.3, -0.25) is 14.6 Å². The molecule has 1 aromatic heterocycles. The second-order valence-corrected chi connectivity index (χ2v) is 17.4. The van der Waals surface area contributed by atoms with Gasteiger partial charge in [0.1, 0.15) is 17.9 Å². The zero-order chi connectivity index (χ0) is 40.6. The highest BCUT2D eigenvalue weighted by Crippen LogP contribution is 2.54. The van der Waals surface area contributed by atoms with Gasteiger partial charge in [-0.05, 0) is 101 Å². The summed E-state index contributed by atoms with van der Waals surface area (Å²) < 4.78 is 9.64. The quantitative estimate of drug-likeness (QED) is 0.157. The number of piperidine rings is 2. The first-order valence-corrected chi connectivity index (χ1v) is 20.6. The summed E-state index contributed by atoms with van der Waals surface area (Å²) in [5, 5.41) is 5.52. The second-order valence-electron chi connectivity index (χ2n) is 17.4. The smallest absolute Gasteiger partial charge is 0.407 e. The van der Waals surface area contributed by atoms with Crippen molar-refractivity contribution >= 4 is 46.4 Å². The molecule has 302 valence electrons. The highest BCUT2D eigenvalue weighted by Gasteiger charge is 2.57. The average Bonchev–Trinajstić information content (AvgIpc) is 3.88. The van der Waals surface area contributed by atoms with E-state index in [9.17, 15) is 19.2 Å². The van der Waals surface area contributed by atoms with Gasteiger partial charge in [0.05, 0.1) is 43.0 Å². The van der Waals surface area contributed by atoms with E-state index < -0.39 is 24.3 Å². The summed E-state index contributed by atoms with van der Waals surface area (Å²) in [4.78, 5) is 69.4. The number of alkyl carbamates (subject to hydrolysis) is 2. The van der Waals surface area contributed by atoms with E-state index in [2.05, 4.69) is 70.2 Å². The molecule has 4 fully saturated rings. The Labute approximate surface area is 338 Å². The molecule has 2 aliphatic carbocycles. The standard InChI is InChI=1S/C45H51N7O6/c1-22(2)39(49-44(55)57-5)42(53)51-35-18-29(35)20-37(51)34-17-28-15-26(11-13-31(28)46-34)24-7-9-25(10-8-24)27-12-14-32-33(16-27)48-41(47-32)38-21-30-19-36(30)52(38)43(54)40(23(3)4)50-45(56)58-6/h7-16,22-23,29-30,35-40H,17-21H2,1-6H3,(H,47,48)(H,49,55)(H,50,56)/t29-,30-,35-,36-,37+,38+,39+,40+/m1/s1. The molecule has 4 aromatic rings. The number of hydrogen-bond acceptors (Lipinski definition) is 8. The molecule has 4 heterocycles. The van der Waals surface area contributed by atoms with Crippen molar-refractivity contribution < 1.29 is 28.7 Å². The first kappa shape index (κ1) is 37.8. The number of methoxy groups -OCH3 is 2. The van der Waals surface area contributed by atoms with E-state index in [4.69, 9.17) is 19.5 Å². The normalized spacial score (nSPS) is 24.9. The number of fused-ring (bicyclic) bond motifs is 4. The van der Waals surface area contributed by atoms with Crippen LogP contribution in [-0.2, 0) is 25.5 Å². The molecule has 2 saturated carbocycles. The second kappa shape index (κ2) is 14.6. The van der Waals surface area contributed by atoms with Crippen LogP contribution in [0.15, 0.2) is 65.7 Å². The molecule has 0 bridgehead atoms. The number of amides is 4. The third kappa shape index (κ3) is 6.77. The Bertz CT molecular complexity index is 2330. The van der Waals surface area contributed by atoms with Crippen LogP contribution < -0.4 is 10.6 Å². The molecule has 13 heteroatoms. The number of likely N-dealkylation sites (tertiary alicyclic amines) is 2. The number of aromatic nitrogens is 2. The van der Waals surface area contributed by atoms with Crippen LogP contribution in [0.2, 0.25) is 0 Å². The van der Waals surface area contributed by atoms with E-state index in [1.807, 2.05) is 43.6 Å². The molecule has 9 rings (SSSR count). The lowest BCUT2D eigenvalue weighted by Gasteiger charge is -2.32. The minimum Gasteiger partial charge on any atom is -0.453 e. The number of imidazole rings is 1. The van der Waals surface area contributed by atoms with Crippen molar-refractivity contribution in [1.29, 1.82) is 0 Å². The number of nitrogens with one attached hydrogen (secondary N) is 3. The zero-order valence-electron chi connectivity index (χ0n) is 33.8. The van der Waals surface area contributed by atoms with Crippen molar-refractivity contribution in [3.05, 3.63) is 72.1 Å². The van der Waals surface area contributed by atoms with E-state index in [0.29, 0.717) is 18.3 Å². The number of aromatic amines is 1. The topological polar surface area (TPSA) is 158 Å². The van der Waals surface area contributed by atoms with E-state index in [-0.39, 0.29) is 47.8 Å². The van der Waals surface area contributed by atoms with E-state index in [1.165, 1.54) is 14.2 Å². The fourth-order valence-corrected chi connectivity index (χ4v) is 9.63. The van der Waals surface area contributed by atoms with Crippen LogP contribution in [0.1, 0.15) is 70.8 Å². The van der Waals surface area contributed by atoms with Crippen molar-refractivity contribution in [1.82, 2.24) is 30.4 Å². The summed E-state index contributed by atoms with van der Waals surface area (Å²) in [5.74, 6) is 1.37. The summed E-state index contributed by atoms with van der Waals surface area (Å²) in [7, 11) is 2.62. The number of carbonyl (C=O) groups is 4. The summed E-state index contributed by atoms with van der Waals surface area (Å²) in [5.41, 5.74) is 9.20. The molecule has 8 atom stereocenters. The molecule has 5 aliphatic rings. The van der Waals surface area contributed by atoms with Crippen molar-refractivity contribution in [2.24, 2.45) is 28.7 Å². The summed E-state index contributed by atoms with van der Waals surface area (Å²) >= 11 is 0. The van der Waals surface area contributed by atoms with Crippen molar-refractivity contribution in [3.8, 4) is 22.3 Å². The third-order valence-electron chi connectivity index (χ3n) is 13.0. The largest absolute Gasteiger partial charge is 0.453 e. The average molecular weight is 786 g/mol. The van der Waals surface area contributed by atoms with Crippen LogP contribution in [0, 0.1) is 23.7 Å². The van der Waals surface area contributed by atoms with E-state index in [0.717, 1.165) is 81.8 Å². The van der Waals surface area contributed by atoms with Gasteiger partial charge in [-0.25, -0.2) is 14.6 Å². The van der Waals surface area contributed by atoms with Crippen LogP contribution >= 0.6 is 0 Å². The fourth-order valence-electron chi connectivity index (χ4n) is 9.63. The molecular formula is C45H51N7O6. The van der Waals surface area contributed by atoms with Gasteiger partial charge in [-0.15, -0.1) is 0 Å². The zero-order valence-corrected chi connectivity index (χ0v) is 33.8. The number of ether oxygens (including phenoxy) is 2. The highest BCUT2D eigenvalue weighted by molar-refractivity contribution is 6.02. The molecule has 0 spiro atoms. The minimum atomic E-state index is -0.677. The van der Waals surface area contributed by atoms with Crippen LogP contribution in [0.25, 0.3) is 33.3 Å². The Morgan fingerprint density at radius 2 is 1.21 bits per heavy atom. The SMILES string of the molecule is COC(=O)N[C@H](C(=O)N1[C@@H]2C[C@@H]2C[C@H]1C1=Nc2ccc(-c3ccc(-c4ccc5nc([C@@H]6C[C@H]7C[C@H]7N6C(=O)[C@@H](NC(=O)OC)C(C)C)[nH]c5c4)cc3)cc2C1)C(C)C. The number of aliphatic imine (C=N–C) groups is 1. The Morgan fingerprint density at radius 3 is 1.78 bits per heavy atom. The predicted molar refractivity (Wildman–Crippen MR) is 219 cm³/mol. The maximum absolute atomic E-state index is 13.9. The van der Waals surface area contributed by atoms with Gasteiger partial charge in [0, 0.05) is 24.2 Å². The predicted octanol–water partition coefficient (Wildman–Crippen LogP) is 6.94. The van der Waals surface area contributed by atoms with Gasteiger partial charge in [0.2, 0.25) is 11.8 Å². The van der Waals surface area contributed by atoms with Gasteiger partial charge in [0.25, 0.3) is 0 Å². The molecule has 3 aliphatic heterocycles. The lowest BCUT2D eigenvalue weighted by molar-refractivity contribution is -0.137. The van der Waals surface area contributed by atoms with Crippen LogP contribution in [0.5, 0.6) is 0 Å². The molecular weight excluding hydrogens is 735 g/mol. The Kier molecular flexibility index (Phi) is 9.51. The first-order valence-electron chi connectivity index (χ1n) is 20.6. The highest BCUT2D eigenvalue weighted by atomic mass is 16.5. The Morgan fingerprint density at radius 1 is 0.690 bits per heavy atom. The van der Waals surface area contributed by atoms with Gasteiger partial charge in [0.15, 0.2) is 0 Å². The number of hydrogen-bond donors (Lipinski definition) is 3. The molecule has 3 N–H and O–H groups in total. The lowest BCUT2D eigenvalue weighted by atomic mass is 9.96. The number of benzene rings is 3. The van der Waals surface area contributed by atoms with Crippen LogP contribution in [0.4, 0.5) is 15.3 Å². The summed E-state index contributed by atoms with van der Waals surface area (Å²) in [6.07, 6.45) is 3.21. The Hall–Kier alpha value is -5.72. The first-order chi connectivity index (χ1) is 27.9. The van der Waals surface area contributed by atoms with Gasteiger partial charge in [-0.1, -0.05) is 64.1 Å². The summed E-state index contributed by atoms with van der Waals surface area (Å²) in [6.45, 7) is 7.73. The monoisotopic (exact) mass is 785 g/mol. The molecule has 58 heavy (non-hydrogen) atoms. The fraction of sp³-hybridized carbons (Fsp3) is 0.467. The maximum atomic E-state index is 13.9. The van der Waals surface area contributed by atoms with E-state index >= 15 is 0 Å². The minimum absolute atomic E-state index is 0.0585. The molecule has 3 aromatic carbocycles. The van der Waals surface area contributed by atoms with E-state index in [1.54, 1.807) is 0 Å². The van der Waals surface area contributed by atoms with Crippen LogP contribution in [-0.4, -0.2) is 93.9 Å². The molecule has 0 unspecified atom stereocenters. The van der Waals surface area contributed by atoms with Crippen molar-refractivity contribution in [2.75, 3.05) is 14.2 Å². The number of carbonyl (C=O) groups excluding carboxylic acids is 4. The molecule has 0 radical (unpaired) electrons. The van der Waals surface area contributed by atoms with Crippen molar-refractivity contribution in [2.45, 2.75) is 96.1 Å². The lowest BCUT2D eigenvalue weighted by Crippen LogP contribution is -2.55. The van der Waals surface area contributed by atoms with Gasteiger partial charge in [-0.2, -0.15) is 0 Å². The third-order valence-corrected chi connectivity index (χ3v) is 13.0. The van der Waals surface area contributed by atoms with Crippen LogP contribution in [0.3, 0.4) is 0 Å². The maximum Gasteiger partial charge on any atom is 0.407 e. The number of H-pyrrole nitrogens is 1. The number of nitrogens with zero attached hydrogens (tertiary/aromatic N) is 4. The number of rotatable bonds is 10. The molecule has 2 saturated heterocycles. The van der Waals surface area contributed by atoms with Gasteiger partial charge < -0.3 is 34.9 Å².